The fourth-order valence-corrected chi connectivity index (χ4v) is 2.56. The lowest BCUT2D eigenvalue weighted by atomic mass is 10.1. The van der Waals surface area contributed by atoms with Gasteiger partial charge < -0.3 is 10.2 Å². The topological polar surface area (TPSA) is 32.3 Å². The molecule has 0 saturated carbocycles. The molecule has 1 aliphatic rings. The minimum absolute atomic E-state index is 0.0796. The molecule has 1 fully saturated rings. The van der Waals surface area contributed by atoms with Gasteiger partial charge in [0.25, 0.3) is 0 Å². The molecule has 0 aliphatic carbocycles. The van der Waals surface area contributed by atoms with Crippen molar-refractivity contribution < 1.29 is 13.6 Å². The first-order chi connectivity index (χ1) is 9.13. The molecule has 1 atom stereocenters. The van der Waals surface area contributed by atoms with Crippen molar-refractivity contribution in [1.82, 2.24) is 10.2 Å². The van der Waals surface area contributed by atoms with Gasteiger partial charge in [-0.2, -0.15) is 0 Å². The molecule has 0 unspecified atom stereocenters. The van der Waals surface area contributed by atoms with Crippen LogP contribution in [0.3, 0.4) is 0 Å². The van der Waals surface area contributed by atoms with Gasteiger partial charge >= 0.3 is 0 Å². The largest absolute Gasteiger partial charge is 0.338 e. The molecule has 0 spiro atoms. The Morgan fingerprint density at radius 1 is 1.47 bits per heavy atom. The van der Waals surface area contributed by atoms with Gasteiger partial charge in [0.1, 0.15) is 0 Å². The van der Waals surface area contributed by atoms with Crippen LogP contribution in [-0.4, -0.2) is 37.0 Å². The normalized spacial score (nSPS) is 18.9. The highest BCUT2D eigenvalue weighted by Gasteiger charge is 2.28. The average molecular weight is 268 g/mol. The second-order valence-corrected chi connectivity index (χ2v) is 4.83. The van der Waals surface area contributed by atoms with Crippen LogP contribution in [0.1, 0.15) is 18.4 Å². The van der Waals surface area contributed by atoms with Gasteiger partial charge in [0.05, 0.1) is 6.42 Å². The third-order valence-electron chi connectivity index (χ3n) is 3.51. The van der Waals surface area contributed by atoms with E-state index in [1.165, 1.54) is 12.1 Å². The van der Waals surface area contributed by atoms with Gasteiger partial charge in [0.15, 0.2) is 11.6 Å². The van der Waals surface area contributed by atoms with Crippen molar-refractivity contribution >= 4 is 5.91 Å². The standard InChI is InChI=1S/C14H18F2N2O/c1-17-9-11-5-3-7-18(11)13(19)8-10-4-2-6-12(15)14(10)16/h2,4,6,11,17H,3,5,7-9H2,1H3/t11-/m0/s1. The minimum Gasteiger partial charge on any atom is -0.338 e. The molecule has 1 N–H and O–H groups in total. The third-order valence-corrected chi connectivity index (χ3v) is 3.51. The first kappa shape index (κ1) is 13.9. The Bertz CT molecular complexity index is 465. The SMILES string of the molecule is CNC[C@@H]1CCCN1C(=O)Cc1cccc(F)c1F. The molecule has 2 rings (SSSR count). The number of hydrogen-bond donors (Lipinski definition) is 1. The monoisotopic (exact) mass is 268 g/mol. The van der Waals surface area contributed by atoms with E-state index in [1.54, 1.807) is 4.90 Å². The van der Waals surface area contributed by atoms with Crippen LogP contribution in [0.25, 0.3) is 0 Å². The van der Waals surface area contributed by atoms with Gasteiger partial charge in [-0.25, -0.2) is 8.78 Å². The average Bonchev–Trinajstić information content (AvgIpc) is 2.84. The van der Waals surface area contributed by atoms with E-state index in [-0.39, 0.29) is 23.9 Å². The van der Waals surface area contributed by atoms with Crippen molar-refractivity contribution in [2.45, 2.75) is 25.3 Å². The fourth-order valence-electron chi connectivity index (χ4n) is 2.56. The summed E-state index contributed by atoms with van der Waals surface area (Å²) in [6.45, 7) is 1.43. The summed E-state index contributed by atoms with van der Waals surface area (Å²) in [4.78, 5) is 13.9. The van der Waals surface area contributed by atoms with E-state index in [4.69, 9.17) is 0 Å². The molecular formula is C14H18F2N2O. The molecule has 5 heteroatoms. The number of hydrogen-bond acceptors (Lipinski definition) is 2. The van der Waals surface area contributed by atoms with E-state index in [2.05, 4.69) is 5.32 Å². The van der Waals surface area contributed by atoms with E-state index in [0.29, 0.717) is 6.54 Å². The zero-order chi connectivity index (χ0) is 13.8. The number of benzene rings is 1. The molecule has 3 nitrogen and oxygen atoms in total. The van der Waals surface area contributed by atoms with Gasteiger partial charge in [0, 0.05) is 24.7 Å². The summed E-state index contributed by atoms with van der Waals surface area (Å²) in [6.07, 6.45) is 1.84. The summed E-state index contributed by atoms with van der Waals surface area (Å²) >= 11 is 0. The quantitative estimate of drug-likeness (QED) is 0.901. The van der Waals surface area contributed by atoms with E-state index in [9.17, 15) is 13.6 Å². The molecule has 0 bridgehead atoms. The Balaban J connectivity index is 2.06. The van der Waals surface area contributed by atoms with Crippen molar-refractivity contribution in [2.24, 2.45) is 0 Å². The first-order valence-corrected chi connectivity index (χ1v) is 6.50. The van der Waals surface area contributed by atoms with Crippen LogP contribution in [0, 0.1) is 11.6 Å². The molecule has 19 heavy (non-hydrogen) atoms. The lowest BCUT2D eigenvalue weighted by Crippen LogP contribution is -2.41. The zero-order valence-electron chi connectivity index (χ0n) is 11.0. The van der Waals surface area contributed by atoms with Gasteiger partial charge in [0.2, 0.25) is 5.91 Å². The number of carbonyl (C=O) groups excluding carboxylic acids is 1. The third kappa shape index (κ3) is 3.10. The number of carbonyl (C=O) groups is 1. The Kier molecular flexibility index (Phi) is 4.47. The van der Waals surface area contributed by atoms with E-state index in [0.717, 1.165) is 25.5 Å². The fraction of sp³-hybridized carbons (Fsp3) is 0.500. The summed E-state index contributed by atoms with van der Waals surface area (Å²) < 4.78 is 26.6. The first-order valence-electron chi connectivity index (χ1n) is 6.50. The van der Waals surface area contributed by atoms with E-state index >= 15 is 0 Å². The van der Waals surface area contributed by atoms with Crippen LogP contribution in [0.15, 0.2) is 18.2 Å². The molecule has 1 amide bonds. The van der Waals surface area contributed by atoms with Gasteiger partial charge in [-0.15, -0.1) is 0 Å². The molecule has 1 aliphatic heterocycles. The maximum absolute atomic E-state index is 13.5. The lowest BCUT2D eigenvalue weighted by molar-refractivity contribution is -0.131. The van der Waals surface area contributed by atoms with Crippen LogP contribution >= 0.6 is 0 Å². The predicted octanol–water partition coefficient (Wildman–Crippen LogP) is 1.72. The van der Waals surface area contributed by atoms with Crippen LogP contribution in [0.2, 0.25) is 0 Å². The second-order valence-electron chi connectivity index (χ2n) is 4.83. The van der Waals surface area contributed by atoms with Crippen molar-refractivity contribution in [3.63, 3.8) is 0 Å². The molecule has 1 saturated heterocycles. The van der Waals surface area contributed by atoms with Crippen molar-refractivity contribution in [3.05, 3.63) is 35.4 Å². The number of rotatable bonds is 4. The Morgan fingerprint density at radius 2 is 2.26 bits per heavy atom. The zero-order valence-corrected chi connectivity index (χ0v) is 11.0. The number of likely N-dealkylation sites (tertiary alicyclic amines) is 1. The van der Waals surface area contributed by atoms with E-state index in [1.807, 2.05) is 7.05 Å². The van der Waals surface area contributed by atoms with Crippen LogP contribution in [0.5, 0.6) is 0 Å². The highest BCUT2D eigenvalue weighted by atomic mass is 19.2. The van der Waals surface area contributed by atoms with Crippen molar-refractivity contribution in [3.8, 4) is 0 Å². The molecule has 0 radical (unpaired) electrons. The highest BCUT2D eigenvalue weighted by molar-refractivity contribution is 5.79. The Hall–Kier alpha value is -1.49. The number of nitrogens with one attached hydrogen (secondary N) is 1. The maximum atomic E-state index is 13.5. The van der Waals surface area contributed by atoms with Gasteiger partial charge in [-0.3, -0.25) is 4.79 Å². The summed E-state index contributed by atoms with van der Waals surface area (Å²) in [5.74, 6) is -1.96. The molecule has 1 aromatic rings. The molecule has 0 aromatic heterocycles. The maximum Gasteiger partial charge on any atom is 0.227 e. The van der Waals surface area contributed by atoms with Gasteiger partial charge in [-0.1, -0.05) is 12.1 Å². The molecule has 104 valence electrons. The summed E-state index contributed by atoms with van der Waals surface area (Å²) in [5.41, 5.74) is 0.125. The molecule has 1 heterocycles. The van der Waals surface area contributed by atoms with E-state index < -0.39 is 11.6 Å². The predicted molar refractivity (Wildman–Crippen MR) is 68.7 cm³/mol. The van der Waals surface area contributed by atoms with Crippen molar-refractivity contribution in [2.75, 3.05) is 20.1 Å². The number of nitrogens with zero attached hydrogens (tertiary/aromatic N) is 1. The van der Waals surface area contributed by atoms with Crippen LogP contribution in [-0.2, 0) is 11.2 Å². The second kappa shape index (κ2) is 6.10. The summed E-state index contributed by atoms with van der Waals surface area (Å²) in [5, 5.41) is 3.05. The Morgan fingerprint density at radius 3 is 3.00 bits per heavy atom. The number of halogens is 2. The molecular weight excluding hydrogens is 250 g/mol. The van der Waals surface area contributed by atoms with Crippen LogP contribution in [0.4, 0.5) is 8.78 Å². The minimum atomic E-state index is -0.916. The van der Waals surface area contributed by atoms with Gasteiger partial charge in [-0.05, 0) is 26.0 Å². The highest BCUT2D eigenvalue weighted by Crippen LogP contribution is 2.19. The summed E-state index contributed by atoms with van der Waals surface area (Å²) in [7, 11) is 1.84. The van der Waals surface area contributed by atoms with Crippen molar-refractivity contribution in [1.29, 1.82) is 0 Å². The van der Waals surface area contributed by atoms with Crippen LogP contribution < -0.4 is 5.32 Å². The molecule has 1 aromatic carbocycles. The lowest BCUT2D eigenvalue weighted by Gasteiger charge is -2.24. The number of amides is 1. The smallest absolute Gasteiger partial charge is 0.227 e. The summed E-state index contributed by atoms with van der Waals surface area (Å²) in [6, 6.07) is 4.10. The Labute approximate surface area is 111 Å². The number of likely N-dealkylation sites (N-methyl/N-ethyl adjacent to an activating group) is 1.